The summed E-state index contributed by atoms with van der Waals surface area (Å²) in [4.78, 5) is 0. The van der Waals surface area contributed by atoms with Crippen molar-refractivity contribution in [3.63, 3.8) is 0 Å². The Bertz CT molecular complexity index is 729. The summed E-state index contributed by atoms with van der Waals surface area (Å²) in [6.07, 6.45) is 3.51. The zero-order valence-electron chi connectivity index (χ0n) is 11.4. The van der Waals surface area contributed by atoms with Gasteiger partial charge in [0.05, 0.1) is 23.7 Å². The number of benzene rings is 2. The first kappa shape index (κ1) is 12.5. The third-order valence-electron chi connectivity index (χ3n) is 3.11. The van der Waals surface area contributed by atoms with E-state index in [-0.39, 0.29) is 0 Å². The fourth-order valence-electron chi connectivity index (χ4n) is 2.19. The number of fused-ring (bicyclic) bond motifs is 1. The maximum Gasteiger partial charge on any atom is 0.245 e. The lowest BCUT2D eigenvalue weighted by molar-refractivity contribution is 0.453. The molecule has 3 nitrogen and oxygen atoms in total. The third kappa shape index (κ3) is 2.43. The molecule has 0 aliphatic heterocycles. The molecule has 100 valence electrons. The summed E-state index contributed by atoms with van der Waals surface area (Å²) < 4.78 is 7.55. The van der Waals surface area contributed by atoms with Gasteiger partial charge in [0.2, 0.25) is 5.88 Å². The Morgan fingerprint density at radius 3 is 2.60 bits per heavy atom. The summed E-state index contributed by atoms with van der Waals surface area (Å²) in [6, 6.07) is 18.4. The van der Waals surface area contributed by atoms with Gasteiger partial charge in [-0.1, -0.05) is 48.5 Å². The molecule has 0 amide bonds. The number of para-hydroxylation sites is 1. The Balaban J connectivity index is 2.02. The second-order valence-electron chi connectivity index (χ2n) is 4.55. The van der Waals surface area contributed by atoms with Crippen molar-refractivity contribution in [3.05, 3.63) is 72.5 Å². The molecule has 20 heavy (non-hydrogen) atoms. The maximum atomic E-state index is 5.57. The van der Waals surface area contributed by atoms with E-state index in [0.717, 1.165) is 17.4 Å². The Kier molecular flexibility index (Phi) is 3.50. The molecule has 0 spiro atoms. The lowest BCUT2D eigenvalue weighted by Crippen LogP contribution is -2.01. The van der Waals surface area contributed by atoms with Crippen molar-refractivity contribution in [2.75, 3.05) is 0 Å². The van der Waals surface area contributed by atoms with Crippen LogP contribution in [0.15, 0.2) is 66.9 Å². The van der Waals surface area contributed by atoms with Crippen LogP contribution >= 0.6 is 0 Å². The molecule has 3 rings (SSSR count). The smallest absolute Gasteiger partial charge is 0.245 e. The Morgan fingerprint density at radius 1 is 1.05 bits per heavy atom. The SMILES string of the molecule is C/C=C/Oc1nn(Cc2ccccc2)c2ccccc12. The highest BCUT2D eigenvalue weighted by molar-refractivity contribution is 5.84. The van der Waals surface area contributed by atoms with Crippen LogP contribution in [0.4, 0.5) is 0 Å². The van der Waals surface area contributed by atoms with E-state index in [9.17, 15) is 0 Å². The Hall–Kier alpha value is -2.55. The van der Waals surface area contributed by atoms with Crippen LogP contribution in [0.3, 0.4) is 0 Å². The Labute approximate surface area is 118 Å². The highest BCUT2D eigenvalue weighted by Crippen LogP contribution is 2.25. The molecule has 0 fully saturated rings. The highest BCUT2D eigenvalue weighted by atomic mass is 16.5. The van der Waals surface area contributed by atoms with Crippen molar-refractivity contribution in [1.29, 1.82) is 0 Å². The molecule has 0 bridgehead atoms. The van der Waals surface area contributed by atoms with Gasteiger partial charge in [-0.05, 0) is 24.6 Å². The first-order valence-corrected chi connectivity index (χ1v) is 6.66. The number of nitrogens with zero attached hydrogens (tertiary/aromatic N) is 2. The van der Waals surface area contributed by atoms with Gasteiger partial charge in [-0.2, -0.15) is 0 Å². The summed E-state index contributed by atoms with van der Waals surface area (Å²) >= 11 is 0. The average molecular weight is 264 g/mol. The van der Waals surface area contributed by atoms with E-state index in [1.165, 1.54) is 5.56 Å². The fourth-order valence-corrected chi connectivity index (χ4v) is 2.19. The van der Waals surface area contributed by atoms with Gasteiger partial charge < -0.3 is 4.74 Å². The minimum Gasteiger partial charge on any atom is -0.445 e. The second kappa shape index (κ2) is 5.61. The standard InChI is InChI=1S/C17H16N2O/c1-2-12-20-17-15-10-6-7-11-16(15)19(18-17)13-14-8-4-3-5-9-14/h2-12H,13H2,1H3/b12-2+. The lowest BCUT2D eigenvalue weighted by atomic mass is 10.2. The first-order chi connectivity index (χ1) is 9.88. The van der Waals surface area contributed by atoms with Crippen LogP contribution in [-0.4, -0.2) is 9.78 Å². The molecule has 0 unspecified atom stereocenters. The van der Waals surface area contributed by atoms with Gasteiger partial charge in [0, 0.05) is 0 Å². The zero-order chi connectivity index (χ0) is 13.8. The minimum atomic E-state index is 0.648. The predicted octanol–water partition coefficient (Wildman–Crippen LogP) is 4.00. The van der Waals surface area contributed by atoms with Crippen LogP contribution in [0, 0.1) is 0 Å². The highest BCUT2D eigenvalue weighted by Gasteiger charge is 2.10. The van der Waals surface area contributed by atoms with E-state index < -0.39 is 0 Å². The molecular weight excluding hydrogens is 248 g/mol. The van der Waals surface area contributed by atoms with Gasteiger partial charge >= 0.3 is 0 Å². The molecule has 0 radical (unpaired) electrons. The summed E-state index contributed by atoms with van der Waals surface area (Å²) in [5.74, 6) is 0.648. The third-order valence-corrected chi connectivity index (χ3v) is 3.11. The van der Waals surface area contributed by atoms with E-state index in [1.807, 2.05) is 54.1 Å². The summed E-state index contributed by atoms with van der Waals surface area (Å²) in [6.45, 7) is 2.66. The molecule has 1 heterocycles. The van der Waals surface area contributed by atoms with Crippen molar-refractivity contribution in [2.45, 2.75) is 13.5 Å². The molecule has 0 aliphatic carbocycles. The van der Waals surface area contributed by atoms with Gasteiger partial charge in [0.25, 0.3) is 0 Å². The van der Waals surface area contributed by atoms with Crippen LogP contribution in [0.1, 0.15) is 12.5 Å². The summed E-state index contributed by atoms with van der Waals surface area (Å²) in [7, 11) is 0. The van der Waals surface area contributed by atoms with Gasteiger partial charge in [-0.3, -0.25) is 4.68 Å². The number of ether oxygens (including phenoxy) is 1. The largest absolute Gasteiger partial charge is 0.445 e. The number of rotatable bonds is 4. The number of hydrogen-bond donors (Lipinski definition) is 0. The molecule has 1 aromatic heterocycles. The van der Waals surface area contributed by atoms with E-state index >= 15 is 0 Å². The quantitative estimate of drug-likeness (QED) is 0.666. The first-order valence-electron chi connectivity index (χ1n) is 6.66. The number of allylic oxidation sites excluding steroid dienone is 1. The van der Waals surface area contributed by atoms with Crippen LogP contribution in [-0.2, 0) is 6.54 Å². The van der Waals surface area contributed by atoms with Gasteiger partial charge in [0.15, 0.2) is 0 Å². The Morgan fingerprint density at radius 2 is 1.80 bits per heavy atom. The van der Waals surface area contributed by atoms with E-state index in [2.05, 4.69) is 23.3 Å². The van der Waals surface area contributed by atoms with E-state index in [4.69, 9.17) is 4.74 Å². The minimum absolute atomic E-state index is 0.648. The van der Waals surface area contributed by atoms with Gasteiger partial charge in [0.1, 0.15) is 0 Å². The molecule has 0 saturated heterocycles. The molecule has 3 heteroatoms. The van der Waals surface area contributed by atoms with Crippen molar-refractivity contribution in [3.8, 4) is 5.88 Å². The maximum absolute atomic E-state index is 5.57. The second-order valence-corrected chi connectivity index (χ2v) is 4.55. The monoisotopic (exact) mass is 264 g/mol. The van der Waals surface area contributed by atoms with Crippen molar-refractivity contribution in [2.24, 2.45) is 0 Å². The molecule has 0 atom stereocenters. The number of hydrogen-bond acceptors (Lipinski definition) is 2. The van der Waals surface area contributed by atoms with Crippen molar-refractivity contribution >= 4 is 10.9 Å². The molecule has 0 saturated carbocycles. The van der Waals surface area contributed by atoms with Gasteiger partial charge in [-0.25, -0.2) is 0 Å². The lowest BCUT2D eigenvalue weighted by Gasteiger charge is -2.02. The van der Waals surface area contributed by atoms with Crippen molar-refractivity contribution < 1.29 is 4.74 Å². The molecule has 2 aromatic carbocycles. The summed E-state index contributed by atoms with van der Waals surface area (Å²) in [5, 5.41) is 5.59. The van der Waals surface area contributed by atoms with Crippen LogP contribution in [0.25, 0.3) is 10.9 Å². The van der Waals surface area contributed by atoms with Gasteiger partial charge in [-0.15, -0.1) is 5.10 Å². The van der Waals surface area contributed by atoms with Crippen LogP contribution < -0.4 is 4.74 Å². The predicted molar refractivity (Wildman–Crippen MR) is 80.7 cm³/mol. The summed E-state index contributed by atoms with van der Waals surface area (Å²) in [5.41, 5.74) is 2.30. The number of aromatic nitrogens is 2. The molecular formula is C17H16N2O. The fraction of sp³-hybridized carbons (Fsp3) is 0.118. The average Bonchev–Trinajstić information content (AvgIpc) is 2.85. The molecule has 0 N–H and O–H groups in total. The van der Waals surface area contributed by atoms with E-state index in [1.54, 1.807) is 6.26 Å². The topological polar surface area (TPSA) is 27.1 Å². The van der Waals surface area contributed by atoms with E-state index in [0.29, 0.717) is 5.88 Å². The molecule has 3 aromatic rings. The van der Waals surface area contributed by atoms with Crippen molar-refractivity contribution in [1.82, 2.24) is 9.78 Å². The normalized spacial score (nSPS) is 11.2. The van der Waals surface area contributed by atoms with Crippen LogP contribution in [0.5, 0.6) is 5.88 Å². The van der Waals surface area contributed by atoms with Crippen LogP contribution in [0.2, 0.25) is 0 Å². The zero-order valence-corrected chi connectivity index (χ0v) is 11.4. The molecule has 0 aliphatic rings.